The Hall–Kier alpha value is -2.99. The first-order chi connectivity index (χ1) is 14.8. The maximum atomic E-state index is 13.1. The van der Waals surface area contributed by atoms with Crippen molar-refractivity contribution in [2.75, 3.05) is 16.9 Å². The molecule has 0 atom stereocenters. The number of nitrogen functional groups attached to an aromatic ring is 1. The van der Waals surface area contributed by atoms with Crippen molar-refractivity contribution < 1.29 is 21.6 Å². The fraction of sp³-hybridized carbons (Fsp3) is 0.263. The highest BCUT2D eigenvalue weighted by molar-refractivity contribution is 7.90. The number of aromatic nitrogens is 4. The van der Waals surface area contributed by atoms with Gasteiger partial charge in [0.05, 0.1) is 4.90 Å². The number of sulfone groups is 1. The Morgan fingerprint density at radius 3 is 2.34 bits per heavy atom. The number of alkyl halides is 3. The fourth-order valence-corrected chi connectivity index (χ4v) is 3.84. The number of hydrogen-bond donors (Lipinski definition) is 1. The first-order valence-electron chi connectivity index (χ1n) is 9.12. The third kappa shape index (κ3) is 5.25. The Balaban J connectivity index is 2.17. The Morgan fingerprint density at radius 2 is 1.75 bits per heavy atom. The molecule has 32 heavy (non-hydrogen) atoms. The van der Waals surface area contributed by atoms with Gasteiger partial charge in [0, 0.05) is 23.0 Å². The van der Waals surface area contributed by atoms with Gasteiger partial charge in [0.2, 0.25) is 11.9 Å². The predicted octanol–water partition coefficient (Wildman–Crippen LogP) is 4.14. The maximum absolute atomic E-state index is 13.1. The average molecular weight is 487 g/mol. The molecule has 170 valence electrons. The molecular weight excluding hydrogens is 469 g/mol. The molecule has 0 aliphatic rings. The van der Waals surface area contributed by atoms with Crippen molar-refractivity contribution in [2.24, 2.45) is 0 Å². The molecule has 2 heterocycles. The monoisotopic (exact) mass is 486 g/mol. The van der Waals surface area contributed by atoms with Gasteiger partial charge in [0.1, 0.15) is 11.4 Å². The molecule has 0 unspecified atom stereocenters. The normalized spacial score (nSPS) is 12.2. The molecule has 2 aromatic heterocycles. The highest BCUT2D eigenvalue weighted by Gasteiger charge is 2.33. The van der Waals surface area contributed by atoms with E-state index < -0.39 is 21.7 Å². The van der Waals surface area contributed by atoms with Crippen LogP contribution < -0.4 is 10.6 Å². The van der Waals surface area contributed by atoms with E-state index in [9.17, 15) is 21.6 Å². The molecule has 0 bridgehead atoms. The van der Waals surface area contributed by atoms with Gasteiger partial charge in [0.25, 0.3) is 0 Å². The lowest BCUT2D eigenvalue weighted by Crippen LogP contribution is -2.28. The minimum absolute atomic E-state index is 0.0107. The van der Waals surface area contributed by atoms with E-state index in [1.807, 2.05) is 0 Å². The van der Waals surface area contributed by atoms with E-state index in [0.717, 1.165) is 12.3 Å². The minimum Gasteiger partial charge on any atom is -0.368 e. The van der Waals surface area contributed by atoms with E-state index in [-0.39, 0.29) is 39.4 Å². The third-order valence-corrected chi connectivity index (χ3v) is 5.51. The number of pyridine rings is 1. The van der Waals surface area contributed by atoms with E-state index >= 15 is 0 Å². The van der Waals surface area contributed by atoms with Crippen LogP contribution in [0.5, 0.6) is 0 Å². The molecule has 0 fully saturated rings. The van der Waals surface area contributed by atoms with Gasteiger partial charge in [0.15, 0.2) is 15.7 Å². The zero-order valence-electron chi connectivity index (χ0n) is 17.1. The van der Waals surface area contributed by atoms with Crippen LogP contribution in [0.2, 0.25) is 5.02 Å². The number of hydrogen-bond acceptors (Lipinski definition) is 8. The van der Waals surface area contributed by atoms with Gasteiger partial charge in [-0.15, -0.1) is 0 Å². The SMILES string of the molecule is CC(C)N(c1cc(Cl)cc(S(C)(=O)=O)c1)c1nc(N)nc(-c2cccc(C(F)(F)F)n2)n1. The molecule has 13 heteroatoms. The minimum atomic E-state index is -4.65. The predicted molar refractivity (Wildman–Crippen MR) is 114 cm³/mol. The van der Waals surface area contributed by atoms with Crippen LogP contribution in [-0.2, 0) is 16.0 Å². The average Bonchev–Trinajstić information content (AvgIpc) is 2.66. The molecule has 1 aromatic carbocycles. The molecular formula is C19H18ClF3N6O2S. The first kappa shape index (κ1) is 23.7. The Kier molecular flexibility index (Phi) is 6.29. The van der Waals surface area contributed by atoms with Crippen molar-refractivity contribution in [3.63, 3.8) is 0 Å². The van der Waals surface area contributed by atoms with E-state index in [0.29, 0.717) is 5.69 Å². The van der Waals surface area contributed by atoms with Crippen molar-refractivity contribution >= 4 is 39.0 Å². The molecule has 2 N–H and O–H groups in total. The van der Waals surface area contributed by atoms with Gasteiger partial charge in [-0.2, -0.15) is 28.1 Å². The summed E-state index contributed by atoms with van der Waals surface area (Å²) in [5.41, 5.74) is 4.89. The van der Waals surface area contributed by atoms with Crippen LogP contribution in [0.3, 0.4) is 0 Å². The van der Waals surface area contributed by atoms with Gasteiger partial charge in [-0.3, -0.25) is 0 Å². The summed E-state index contributed by atoms with van der Waals surface area (Å²) in [5, 5.41) is 0.162. The maximum Gasteiger partial charge on any atom is 0.433 e. The van der Waals surface area contributed by atoms with Crippen LogP contribution in [0.1, 0.15) is 19.5 Å². The van der Waals surface area contributed by atoms with Crippen LogP contribution in [0.15, 0.2) is 41.3 Å². The second-order valence-corrected chi connectivity index (χ2v) is 9.56. The second-order valence-electron chi connectivity index (χ2n) is 7.10. The van der Waals surface area contributed by atoms with Gasteiger partial charge < -0.3 is 10.6 Å². The topological polar surface area (TPSA) is 115 Å². The summed E-state index contributed by atoms with van der Waals surface area (Å²) >= 11 is 6.13. The molecule has 3 aromatic rings. The van der Waals surface area contributed by atoms with Gasteiger partial charge in [-0.25, -0.2) is 13.4 Å². The summed E-state index contributed by atoms with van der Waals surface area (Å²) in [6.45, 7) is 3.56. The van der Waals surface area contributed by atoms with Gasteiger partial charge in [-0.1, -0.05) is 17.7 Å². The van der Waals surface area contributed by atoms with Crippen molar-refractivity contribution in [3.8, 4) is 11.5 Å². The van der Waals surface area contributed by atoms with E-state index in [1.165, 1.54) is 35.2 Å². The van der Waals surface area contributed by atoms with Crippen molar-refractivity contribution in [2.45, 2.75) is 31.0 Å². The number of rotatable bonds is 5. The summed E-state index contributed by atoms with van der Waals surface area (Å²) in [6, 6.07) is 7.22. The molecule has 0 amide bonds. The lowest BCUT2D eigenvalue weighted by atomic mass is 10.2. The van der Waals surface area contributed by atoms with E-state index in [4.69, 9.17) is 17.3 Å². The number of anilines is 3. The number of halogens is 4. The highest BCUT2D eigenvalue weighted by atomic mass is 35.5. The smallest absolute Gasteiger partial charge is 0.368 e. The summed E-state index contributed by atoms with van der Waals surface area (Å²) < 4.78 is 63.2. The van der Waals surface area contributed by atoms with E-state index in [2.05, 4.69) is 19.9 Å². The van der Waals surface area contributed by atoms with Gasteiger partial charge >= 0.3 is 6.18 Å². The summed E-state index contributed by atoms with van der Waals surface area (Å²) in [6.07, 6.45) is -3.61. The third-order valence-electron chi connectivity index (χ3n) is 4.20. The molecule has 0 radical (unpaired) electrons. The van der Waals surface area contributed by atoms with Crippen molar-refractivity contribution in [1.82, 2.24) is 19.9 Å². The van der Waals surface area contributed by atoms with Crippen molar-refractivity contribution in [3.05, 3.63) is 47.1 Å². The van der Waals surface area contributed by atoms with Crippen LogP contribution in [0.4, 0.5) is 30.8 Å². The molecule has 0 saturated heterocycles. The second kappa shape index (κ2) is 8.51. The molecule has 3 rings (SSSR count). The standard InChI is InChI=1S/C19H18ClF3N6O2S/c1-10(2)29(12-7-11(20)8-13(9-12)32(3,30)31)18-27-16(26-17(24)28-18)14-5-4-6-15(25-14)19(21,22)23/h4-10H,1-3H3,(H2,24,26,27,28). The molecule has 0 spiro atoms. The van der Waals surface area contributed by atoms with Crippen LogP contribution in [0, 0.1) is 0 Å². The number of nitrogens with zero attached hydrogens (tertiary/aromatic N) is 5. The summed E-state index contributed by atoms with van der Waals surface area (Å²) in [7, 11) is -3.57. The lowest BCUT2D eigenvalue weighted by Gasteiger charge is -2.27. The zero-order valence-corrected chi connectivity index (χ0v) is 18.7. The summed E-state index contributed by atoms with van der Waals surface area (Å²) in [4.78, 5) is 17.3. The first-order valence-corrected chi connectivity index (χ1v) is 11.4. The van der Waals surface area contributed by atoms with Crippen LogP contribution >= 0.6 is 11.6 Å². The quantitative estimate of drug-likeness (QED) is 0.572. The Bertz CT molecular complexity index is 1270. The zero-order chi connectivity index (χ0) is 23.8. The Morgan fingerprint density at radius 1 is 1.06 bits per heavy atom. The van der Waals surface area contributed by atoms with Crippen LogP contribution in [-0.4, -0.2) is 40.7 Å². The molecule has 8 nitrogen and oxygen atoms in total. The van der Waals surface area contributed by atoms with Crippen molar-refractivity contribution in [1.29, 1.82) is 0 Å². The molecule has 0 aliphatic carbocycles. The Labute approximate surface area is 187 Å². The number of benzene rings is 1. The molecule has 0 saturated carbocycles. The van der Waals surface area contributed by atoms with Gasteiger partial charge in [-0.05, 0) is 44.2 Å². The molecule has 0 aliphatic heterocycles. The number of nitrogens with two attached hydrogens (primary N) is 1. The largest absolute Gasteiger partial charge is 0.433 e. The lowest BCUT2D eigenvalue weighted by molar-refractivity contribution is -0.141. The highest BCUT2D eigenvalue weighted by Crippen LogP contribution is 2.32. The fourth-order valence-electron chi connectivity index (χ4n) is 2.87. The van der Waals surface area contributed by atoms with E-state index in [1.54, 1.807) is 13.8 Å². The summed E-state index contributed by atoms with van der Waals surface area (Å²) in [5.74, 6) is -0.432. The van der Waals surface area contributed by atoms with Crippen LogP contribution in [0.25, 0.3) is 11.5 Å².